The van der Waals surface area contributed by atoms with E-state index in [4.69, 9.17) is 11.6 Å². The molecule has 0 spiro atoms. The third-order valence-corrected chi connectivity index (χ3v) is 4.41. The van der Waals surface area contributed by atoms with Gasteiger partial charge in [0, 0.05) is 17.3 Å². The van der Waals surface area contributed by atoms with Crippen molar-refractivity contribution in [2.45, 2.75) is 39.7 Å². The fraction of sp³-hybridized carbons (Fsp3) is 0.500. The van der Waals surface area contributed by atoms with Gasteiger partial charge in [-0.3, -0.25) is 9.59 Å². The predicted octanol–water partition coefficient (Wildman–Crippen LogP) is 2.50. The van der Waals surface area contributed by atoms with E-state index in [1.165, 1.54) is 0 Å². The zero-order valence-electron chi connectivity index (χ0n) is 13.4. The van der Waals surface area contributed by atoms with Crippen molar-refractivity contribution in [3.63, 3.8) is 0 Å². The fourth-order valence-electron chi connectivity index (χ4n) is 1.88. The number of carbonyl (C=O) groups is 2. The van der Waals surface area contributed by atoms with Crippen LogP contribution < -0.4 is 10.6 Å². The number of rotatable bonds is 5. The van der Waals surface area contributed by atoms with E-state index in [1.807, 2.05) is 13.8 Å². The summed E-state index contributed by atoms with van der Waals surface area (Å²) in [5.41, 5.74) is 0.120. The number of hydrogen-bond acceptors (Lipinski definition) is 3. The SMILES string of the molecule is CC[C@H](C)[C@](C)(O)CNC(=O)C(=O)Nc1cccc(Cl)c1C. The smallest absolute Gasteiger partial charge is 0.313 e. The molecule has 0 aliphatic carbocycles. The van der Waals surface area contributed by atoms with E-state index in [1.54, 1.807) is 32.0 Å². The van der Waals surface area contributed by atoms with Crippen molar-refractivity contribution in [2.75, 3.05) is 11.9 Å². The molecule has 0 radical (unpaired) electrons. The fourth-order valence-corrected chi connectivity index (χ4v) is 2.05. The summed E-state index contributed by atoms with van der Waals surface area (Å²) < 4.78 is 0. The molecule has 5 nitrogen and oxygen atoms in total. The van der Waals surface area contributed by atoms with Gasteiger partial charge in [-0.25, -0.2) is 0 Å². The predicted molar refractivity (Wildman–Crippen MR) is 87.9 cm³/mol. The highest BCUT2D eigenvalue weighted by molar-refractivity contribution is 6.40. The Kier molecular flexibility index (Phi) is 6.38. The molecule has 0 saturated carbocycles. The van der Waals surface area contributed by atoms with Gasteiger partial charge in [0.05, 0.1) is 5.60 Å². The van der Waals surface area contributed by atoms with Crippen LogP contribution in [0.5, 0.6) is 0 Å². The molecule has 122 valence electrons. The average molecular weight is 327 g/mol. The van der Waals surface area contributed by atoms with Gasteiger partial charge in [-0.2, -0.15) is 0 Å². The lowest BCUT2D eigenvalue weighted by Gasteiger charge is -2.29. The van der Waals surface area contributed by atoms with Gasteiger partial charge in [-0.1, -0.05) is 37.9 Å². The normalized spacial score (nSPS) is 14.8. The maximum absolute atomic E-state index is 11.9. The Bertz CT molecular complexity index is 558. The Balaban J connectivity index is 2.63. The highest BCUT2D eigenvalue weighted by Crippen LogP contribution is 2.23. The summed E-state index contributed by atoms with van der Waals surface area (Å²) in [6.45, 7) is 7.25. The topological polar surface area (TPSA) is 78.4 Å². The van der Waals surface area contributed by atoms with Crippen LogP contribution in [0.25, 0.3) is 0 Å². The van der Waals surface area contributed by atoms with E-state index in [9.17, 15) is 14.7 Å². The van der Waals surface area contributed by atoms with Crippen molar-refractivity contribution in [3.05, 3.63) is 28.8 Å². The van der Waals surface area contributed by atoms with Gasteiger partial charge < -0.3 is 15.7 Å². The summed E-state index contributed by atoms with van der Waals surface area (Å²) in [4.78, 5) is 23.7. The summed E-state index contributed by atoms with van der Waals surface area (Å²) in [7, 11) is 0. The number of halogens is 1. The molecule has 0 aliphatic rings. The van der Waals surface area contributed by atoms with Gasteiger partial charge >= 0.3 is 11.8 Å². The van der Waals surface area contributed by atoms with Crippen molar-refractivity contribution in [2.24, 2.45) is 5.92 Å². The van der Waals surface area contributed by atoms with Gasteiger partial charge in [0.15, 0.2) is 0 Å². The Hall–Kier alpha value is -1.59. The van der Waals surface area contributed by atoms with Gasteiger partial charge in [-0.15, -0.1) is 0 Å². The van der Waals surface area contributed by atoms with E-state index in [0.717, 1.165) is 6.42 Å². The zero-order valence-corrected chi connectivity index (χ0v) is 14.1. The molecule has 22 heavy (non-hydrogen) atoms. The van der Waals surface area contributed by atoms with E-state index in [-0.39, 0.29) is 12.5 Å². The third-order valence-electron chi connectivity index (χ3n) is 4.00. The quantitative estimate of drug-likeness (QED) is 0.727. The molecule has 1 aromatic carbocycles. The molecule has 0 unspecified atom stereocenters. The van der Waals surface area contributed by atoms with Crippen molar-refractivity contribution in [3.8, 4) is 0 Å². The molecule has 0 fully saturated rings. The van der Waals surface area contributed by atoms with Crippen LogP contribution in [0.3, 0.4) is 0 Å². The molecule has 0 saturated heterocycles. The summed E-state index contributed by atoms with van der Waals surface area (Å²) in [6, 6.07) is 5.06. The highest BCUT2D eigenvalue weighted by atomic mass is 35.5. The van der Waals surface area contributed by atoms with Crippen molar-refractivity contribution in [1.82, 2.24) is 5.32 Å². The number of nitrogens with one attached hydrogen (secondary N) is 2. The van der Waals surface area contributed by atoms with Gasteiger partial charge in [0.25, 0.3) is 0 Å². The molecule has 2 atom stereocenters. The molecular formula is C16H23ClN2O3. The van der Waals surface area contributed by atoms with Crippen LogP contribution in [0, 0.1) is 12.8 Å². The minimum atomic E-state index is -1.06. The average Bonchev–Trinajstić information content (AvgIpc) is 2.48. The van der Waals surface area contributed by atoms with Crippen LogP contribution in [0.15, 0.2) is 18.2 Å². The third kappa shape index (κ3) is 4.71. The Labute approximate surface area is 136 Å². The second kappa shape index (κ2) is 7.61. The van der Waals surface area contributed by atoms with Crippen LogP contribution in [0.1, 0.15) is 32.8 Å². The number of aliphatic hydroxyl groups is 1. The lowest BCUT2D eigenvalue weighted by atomic mass is 9.89. The summed E-state index contributed by atoms with van der Waals surface area (Å²) >= 11 is 5.96. The first-order valence-electron chi connectivity index (χ1n) is 7.25. The van der Waals surface area contributed by atoms with E-state index in [0.29, 0.717) is 16.3 Å². The lowest BCUT2D eigenvalue weighted by Crippen LogP contribution is -2.47. The molecule has 0 bridgehead atoms. The number of carbonyl (C=O) groups excluding carboxylic acids is 2. The molecule has 2 amide bonds. The first-order valence-corrected chi connectivity index (χ1v) is 7.63. The molecule has 1 rings (SSSR count). The first-order chi connectivity index (χ1) is 10.2. The van der Waals surface area contributed by atoms with E-state index in [2.05, 4.69) is 10.6 Å². The summed E-state index contributed by atoms with van der Waals surface area (Å²) in [5.74, 6) is -1.57. The second-order valence-corrected chi connectivity index (χ2v) is 6.12. The van der Waals surface area contributed by atoms with Gasteiger partial charge in [-0.05, 0) is 37.5 Å². The maximum atomic E-state index is 11.9. The lowest BCUT2D eigenvalue weighted by molar-refractivity contribution is -0.137. The van der Waals surface area contributed by atoms with Crippen molar-refractivity contribution >= 4 is 29.1 Å². The minimum absolute atomic E-state index is 0.00559. The zero-order chi connectivity index (χ0) is 16.9. The molecule has 6 heteroatoms. The number of anilines is 1. The molecule has 1 aromatic rings. The van der Waals surface area contributed by atoms with Gasteiger partial charge in [0.1, 0.15) is 0 Å². The van der Waals surface area contributed by atoms with E-state index >= 15 is 0 Å². The van der Waals surface area contributed by atoms with Crippen LogP contribution in [0.2, 0.25) is 5.02 Å². The second-order valence-electron chi connectivity index (χ2n) is 5.72. The van der Waals surface area contributed by atoms with Crippen LogP contribution in [0.4, 0.5) is 5.69 Å². The number of hydrogen-bond donors (Lipinski definition) is 3. The molecule has 0 aliphatic heterocycles. The standard InChI is InChI=1S/C16H23ClN2O3/c1-5-10(2)16(4,22)9-18-14(20)15(21)19-13-8-6-7-12(17)11(13)3/h6-8,10,22H,5,9H2,1-4H3,(H,18,20)(H,19,21)/t10-,16+/m0/s1. The largest absolute Gasteiger partial charge is 0.388 e. The first kappa shape index (κ1) is 18.5. The Morgan fingerprint density at radius 1 is 1.36 bits per heavy atom. The van der Waals surface area contributed by atoms with Crippen molar-refractivity contribution in [1.29, 1.82) is 0 Å². The van der Waals surface area contributed by atoms with E-state index < -0.39 is 17.4 Å². The van der Waals surface area contributed by atoms with Crippen molar-refractivity contribution < 1.29 is 14.7 Å². The summed E-state index contributed by atoms with van der Waals surface area (Å²) in [5, 5.41) is 15.7. The molecule has 0 heterocycles. The monoisotopic (exact) mass is 326 g/mol. The highest BCUT2D eigenvalue weighted by Gasteiger charge is 2.28. The molecule has 0 aromatic heterocycles. The van der Waals surface area contributed by atoms with Crippen LogP contribution >= 0.6 is 11.6 Å². The Morgan fingerprint density at radius 2 is 2.00 bits per heavy atom. The number of benzene rings is 1. The molecule has 3 N–H and O–H groups in total. The van der Waals surface area contributed by atoms with Crippen LogP contribution in [-0.4, -0.2) is 29.1 Å². The Morgan fingerprint density at radius 3 is 2.59 bits per heavy atom. The molecular weight excluding hydrogens is 304 g/mol. The van der Waals surface area contributed by atoms with Gasteiger partial charge in [0.2, 0.25) is 0 Å². The minimum Gasteiger partial charge on any atom is -0.388 e. The maximum Gasteiger partial charge on any atom is 0.313 e. The summed E-state index contributed by atoms with van der Waals surface area (Å²) in [6.07, 6.45) is 0.775. The number of amides is 2. The van der Waals surface area contributed by atoms with Crippen LogP contribution in [-0.2, 0) is 9.59 Å².